The fourth-order valence-corrected chi connectivity index (χ4v) is 3.82. The van der Waals surface area contributed by atoms with Gasteiger partial charge in [0.05, 0.1) is 5.02 Å². The maximum atomic E-state index is 12.3. The maximum Gasteiger partial charge on any atom is 0.179 e. The van der Waals surface area contributed by atoms with E-state index in [0.29, 0.717) is 41.2 Å². The minimum Gasteiger partial charge on any atom is -0.486 e. The number of benzene rings is 2. The Morgan fingerprint density at radius 2 is 1.82 bits per heavy atom. The number of halogens is 1. The van der Waals surface area contributed by atoms with Crippen LogP contribution in [0.4, 0.5) is 0 Å². The van der Waals surface area contributed by atoms with E-state index in [9.17, 15) is 4.21 Å². The molecule has 0 bridgehead atoms. The molecule has 2 aromatic carbocycles. The van der Waals surface area contributed by atoms with Crippen LogP contribution in [0.25, 0.3) is 0 Å². The van der Waals surface area contributed by atoms with Crippen molar-refractivity contribution in [3.05, 3.63) is 58.6 Å². The molecule has 0 saturated carbocycles. The molecule has 5 heteroatoms. The highest BCUT2D eigenvalue weighted by Gasteiger charge is 2.17. The molecule has 0 saturated heterocycles. The highest BCUT2D eigenvalue weighted by atomic mass is 35.5. The molecule has 1 unspecified atom stereocenters. The third-order valence-corrected chi connectivity index (χ3v) is 5.04. The lowest BCUT2D eigenvalue weighted by atomic mass is 10.2. The van der Waals surface area contributed by atoms with Gasteiger partial charge in [-0.1, -0.05) is 41.9 Å². The van der Waals surface area contributed by atoms with Crippen molar-refractivity contribution in [2.75, 3.05) is 19.0 Å². The van der Waals surface area contributed by atoms with Crippen molar-refractivity contribution in [2.45, 2.75) is 12.2 Å². The van der Waals surface area contributed by atoms with E-state index in [0.717, 1.165) is 12.0 Å². The Balaban J connectivity index is 1.63. The quantitative estimate of drug-likeness (QED) is 0.836. The Labute approximate surface area is 137 Å². The SMILES string of the molecule is O=S(CCc1ccccc1)Cc1cc(Cl)c2c(c1)OCCO2. The van der Waals surface area contributed by atoms with Crippen LogP contribution >= 0.6 is 11.6 Å². The van der Waals surface area contributed by atoms with Gasteiger partial charge in [-0.3, -0.25) is 4.21 Å². The number of rotatable bonds is 5. The summed E-state index contributed by atoms with van der Waals surface area (Å²) in [5.74, 6) is 2.35. The van der Waals surface area contributed by atoms with Gasteiger partial charge < -0.3 is 9.47 Å². The molecule has 0 radical (unpaired) electrons. The van der Waals surface area contributed by atoms with Crippen LogP contribution < -0.4 is 9.47 Å². The molecule has 0 amide bonds. The smallest absolute Gasteiger partial charge is 0.179 e. The third kappa shape index (κ3) is 3.81. The summed E-state index contributed by atoms with van der Waals surface area (Å²) in [6.07, 6.45) is 0.811. The van der Waals surface area contributed by atoms with Gasteiger partial charge in [0.2, 0.25) is 0 Å². The average Bonchev–Trinajstić information content (AvgIpc) is 2.54. The topological polar surface area (TPSA) is 35.5 Å². The normalized spacial score (nSPS) is 14.6. The lowest BCUT2D eigenvalue weighted by Crippen LogP contribution is -2.16. The summed E-state index contributed by atoms with van der Waals surface area (Å²) in [6, 6.07) is 13.8. The molecule has 3 nitrogen and oxygen atoms in total. The second-order valence-corrected chi connectivity index (χ2v) is 7.11. The first kappa shape index (κ1) is 15.4. The Bertz CT molecular complexity index is 673. The van der Waals surface area contributed by atoms with Crippen LogP contribution in [0.3, 0.4) is 0 Å². The standard InChI is InChI=1S/C17H17ClO3S/c18-15-10-14(11-16-17(15)21-8-7-20-16)12-22(19)9-6-13-4-2-1-3-5-13/h1-5,10-11H,6-9,12H2. The number of hydrogen-bond donors (Lipinski definition) is 0. The molecular formula is C17H17ClO3S. The predicted octanol–water partition coefficient (Wildman–Crippen LogP) is 3.60. The van der Waals surface area contributed by atoms with Gasteiger partial charge >= 0.3 is 0 Å². The van der Waals surface area contributed by atoms with Crippen LogP contribution in [0.5, 0.6) is 11.5 Å². The molecule has 0 aliphatic carbocycles. The highest BCUT2D eigenvalue weighted by molar-refractivity contribution is 7.84. The van der Waals surface area contributed by atoms with Crippen molar-refractivity contribution in [2.24, 2.45) is 0 Å². The van der Waals surface area contributed by atoms with Gasteiger partial charge in [-0.05, 0) is 29.7 Å². The predicted molar refractivity (Wildman–Crippen MR) is 89.3 cm³/mol. The summed E-state index contributed by atoms with van der Waals surface area (Å²) < 4.78 is 23.3. The van der Waals surface area contributed by atoms with Crippen molar-refractivity contribution in [1.29, 1.82) is 0 Å². The monoisotopic (exact) mass is 336 g/mol. The van der Waals surface area contributed by atoms with Crippen molar-refractivity contribution in [3.63, 3.8) is 0 Å². The van der Waals surface area contributed by atoms with Crippen LogP contribution in [-0.4, -0.2) is 23.2 Å². The Morgan fingerprint density at radius 1 is 1.05 bits per heavy atom. The largest absolute Gasteiger partial charge is 0.486 e. The van der Waals surface area contributed by atoms with Gasteiger partial charge in [-0.25, -0.2) is 0 Å². The number of fused-ring (bicyclic) bond motifs is 1. The van der Waals surface area contributed by atoms with E-state index >= 15 is 0 Å². The zero-order valence-corrected chi connectivity index (χ0v) is 13.7. The van der Waals surface area contributed by atoms with E-state index in [1.165, 1.54) is 5.56 Å². The molecule has 116 valence electrons. The first-order chi connectivity index (χ1) is 10.7. The second-order valence-electron chi connectivity index (χ2n) is 5.13. The summed E-state index contributed by atoms with van der Waals surface area (Å²) >= 11 is 6.20. The molecule has 22 heavy (non-hydrogen) atoms. The van der Waals surface area contributed by atoms with Gasteiger partial charge in [0.1, 0.15) is 13.2 Å². The third-order valence-electron chi connectivity index (χ3n) is 3.45. The molecule has 0 spiro atoms. The first-order valence-electron chi connectivity index (χ1n) is 7.19. The van der Waals surface area contributed by atoms with E-state index < -0.39 is 10.8 Å². The Kier molecular flexibility index (Phi) is 5.01. The molecule has 1 atom stereocenters. The molecule has 0 N–H and O–H groups in total. The molecular weight excluding hydrogens is 320 g/mol. The minimum absolute atomic E-state index is 0.475. The molecule has 1 aliphatic heterocycles. The minimum atomic E-state index is -0.936. The van der Waals surface area contributed by atoms with Gasteiger partial charge in [-0.15, -0.1) is 0 Å². The van der Waals surface area contributed by atoms with Gasteiger partial charge in [0.15, 0.2) is 11.5 Å². The lowest BCUT2D eigenvalue weighted by molar-refractivity contribution is 0.171. The highest BCUT2D eigenvalue weighted by Crippen LogP contribution is 2.38. The summed E-state index contributed by atoms with van der Waals surface area (Å²) in [6.45, 7) is 1.03. The lowest BCUT2D eigenvalue weighted by Gasteiger charge is -2.20. The summed E-state index contributed by atoms with van der Waals surface area (Å²) in [7, 11) is -0.936. The van der Waals surface area contributed by atoms with Crippen LogP contribution in [-0.2, 0) is 23.0 Å². The molecule has 3 rings (SSSR count). The Hall–Kier alpha value is -1.52. The maximum absolute atomic E-state index is 12.3. The number of aryl methyl sites for hydroxylation is 1. The zero-order chi connectivity index (χ0) is 15.4. The Morgan fingerprint density at radius 3 is 2.64 bits per heavy atom. The zero-order valence-electron chi connectivity index (χ0n) is 12.1. The average molecular weight is 337 g/mol. The molecule has 0 fully saturated rings. The second kappa shape index (κ2) is 7.16. The van der Waals surface area contributed by atoms with E-state index in [2.05, 4.69) is 12.1 Å². The van der Waals surface area contributed by atoms with Crippen LogP contribution in [0, 0.1) is 0 Å². The molecule has 1 heterocycles. The van der Waals surface area contributed by atoms with E-state index in [-0.39, 0.29) is 0 Å². The van der Waals surface area contributed by atoms with Crippen molar-refractivity contribution < 1.29 is 13.7 Å². The summed E-state index contributed by atoms with van der Waals surface area (Å²) in [4.78, 5) is 0. The molecule has 2 aromatic rings. The van der Waals surface area contributed by atoms with Crippen molar-refractivity contribution >= 4 is 22.4 Å². The fraction of sp³-hybridized carbons (Fsp3) is 0.294. The van der Waals surface area contributed by atoms with Crippen molar-refractivity contribution in [3.8, 4) is 11.5 Å². The number of ether oxygens (including phenoxy) is 2. The summed E-state index contributed by atoms with van der Waals surface area (Å²) in [5.41, 5.74) is 2.12. The summed E-state index contributed by atoms with van der Waals surface area (Å²) in [5, 5.41) is 0.521. The van der Waals surface area contributed by atoms with Crippen LogP contribution in [0.1, 0.15) is 11.1 Å². The van der Waals surface area contributed by atoms with E-state index in [4.69, 9.17) is 21.1 Å². The van der Waals surface area contributed by atoms with Gasteiger partial charge in [-0.2, -0.15) is 0 Å². The number of hydrogen-bond acceptors (Lipinski definition) is 3. The van der Waals surface area contributed by atoms with Crippen LogP contribution in [0.2, 0.25) is 5.02 Å². The van der Waals surface area contributed by atoms with Gasteiger partial charge in [0.25, 0.3) is 0 Å². The molecule has 1 aliphatic rings. The van der Waals surface area contributed by atoms with E-state index in [1.54, 1.807) is 0 Å². The van der Waals surface area contributed by atoms with Crippen LogP contribution in [0.15, 0.2) is 42.5 Å². The van der Waals surface area contributed by atoms with Gasteiger partial charge in [0, 0.05) is 22.3 Å². The van der Waals surface area contributed by atoms with Crippen molar-refractivity contribution in [1.82, 2.24) is 0 Å². The van der Waals surface area contributed by atoms with E-state index in [1.807, 2.05) is 30.3 Å². The molecule has 0 aromatic heterocycles. The fourth-order valence-electron chi connectivity index (χ4n) is 2.38. The first-order valence-corrected chi connectivity index (χ1v) is 9.06.